The fourth-order valence-corrected chi connectivity index (χ4v) is 6.87. The molecule has 0 aromatic carbocycles. The van der Waals surface area contributed by atoms with Gasteiger partial charge in [0.15, 0.2) is 0 Å². The van der Waals surface area contributed by atoms with Crippen LogP contribution in [0.3, 0.4) is 0 Å². The van der Waals surface area contributed by atoms with Crippen molar-refractivity contribution in [2.45, 2.75) is 77.6 Å². The zero-order valence-electron chi connectivity index (χ0n) is 25.0. The topological polar surface area (TPSA) is 49.0 Å². The summed E-state index contributed by atoms with van der Waals surface area (Å²) in [6.07, 6.45) is 19.7. The second-order valence-corrected chi connectivity index (χ2v) is 11.8. The van der Waals surface area contributed by atoms with Crippen LogP contribution in [0.5, 0.6) is 0 Å². The van der Waals surface area contributed by atoms with E-state index in [4.69, 9.17) is 4.98 Å². The molecule has 4 aromatic heterocycles. The summed E-state index contributed by atoms with van der Waals surface area (Å²) < 4.78 is 2.50. The van der Waals surface area contributed by atoms with Crippen molar-refractivity contribution in [1.29, 1.82) is 0 Å². The van der Waals surface area contributed by atoms with Gasteiger partial charge in [-0.1, -0.05) is 34.1 Å². The zero-order valence-corrected chi connectivity index (χ0v) is 25.0. The Morgan fingerprint density at radius 2 is 1.44 bits per heavy atom. The predicted molar refractivity (Wildman–Crippen MR) is 168 cm³/mol. The molecule has 0 N–H and O–H groups in total. The van der Waals surface area contributed by atoms with Crippen molar-refractivity contribution in [3.8, 4) is 22.3 Å². The second kappa shape index (κ2) is 10.8. The molecule has 0 amide bonds. The lowest BCUT2D eigenvalue weighted by Crippen LogP contribution is -2.74. The molecular formula is C34H40BN6+. The van der Waals surface area contributed by atoms with Crippen LogP contribution in [0.25, 0.3) is 22.3 Å². The maximum atomic E-state index is 4.92. The van der Waals surface area contributed by atoms with Crippen molar-refractivity contribution in [3.05, 3.63) is 97.6 Å². The highest BCUT2D eigenvalue weighted by Gasteiger charge is 2.68. The van der Waals surface area contributed by atoms with E-state index in [1.165, 1.54) is 34.5 Å². The minimum atomic E-state index is -0.101. The van der Waals surface area contributed by atoms with Crippen molar-refractivity contribution in [1.82, 2.24) is 15.0 Å². The minimum Gasteiger partial charge on any atom is -0.331 e. The van der Waals surface area contributed by atoms with Crippen LogP contribution in [-0.4, -0.2) is 21.9 Å². The van der Waals surface area contributed by atoms with Gasteiger partial charge in [-0.3, -0.25) is 14.8 Å². The molecule has 41 heavy (non-hydrogen) atoms. The van der Waals surface area contributed by atoms with Gasteiger partial charge in [-0.2, -0.15) is 0 Å². The molecule has 4 aromatic rings. The lowest BCUT2D eigenvalue weighted by molar-refractivity contribution is -0.758. The summed E-state index contributed by atoms with van der Waals surface area (Å²) in [4.78, 5) is 18.6. The van der Waals surface area contributed by atoms with Crippen LogP contribution >= 0.6 is 0 Å². The Kier molecular flexibility index (Phi) is 7.14. The van der Waals surface area contributed by atoms with Gasteiger partial charge in [0.1, 0.15) is 11.4 Å². The maximum absolute atomic E-state index is 4.92. The molecule has 2 aliphatic rings. The van der Waals surface area contributed by atoms with Crippen molar-refractivity contribution < 1.29 is 4.57 Å². The highest BCUT2D eigenvalue weighted by Crippen LogP contribution is 2.55. The third-order valence-electron chi connectivity index (χ3n) is 9.83. The minimum absolute atomic E-state index is 0.0667. The van der Waals surface area contributed by atoms with Gasteiger partial charge in [0, 0.05) is 42.7 Å². The van der Waals surface area contributed by atoms with Crippen molar-refractivity contribution in [3.63, 3.8) is 0 Å². The van der Waals surface area contributed by atoms with E-state index in [1.807, 2.05) is 24.8 Å². The molecule has 2 atom stereocenters. The van der Waals surface area contributed by atoms with Gasteiger partial charge < -0.3 is 4.81 Å². The lowest BCUT2D eigenvalue weighted by Gasteiger charge is -2.51. The Morgan fingerprint density at radius 1 is 0.756 bits per heavy atom. The SMILES string of the molecule is CCCCc1cc(-c2ccnc(N3C=CN4B3C(C)(CC)C(C)(CC)[n+]3ccc(-c5ccncc5)cc34)c2)ccn1. The molecule has 2 unspecified atom stereocenters. The van der Waals surface area contributed by atoms with Crippen LogP contribution in [0.15, 0.2) is 91.9 Å². The number of pyridine rings is 4. The fraction of sp³-hybridized carbons (Fsp3) is 0.353. The van der Waals surface area contributed by atoms with Gasteiger partial charge in [-0.25, -0.2) is 9.55 Å². The van der Waals surface area contributed by atoms with Crippen LogP contribution in [0.1, 0.15) is 66.0 Å². The number of nitrogens with zero attached hydrogens (tertiary/aromatic N) is 6. The molecule has 0 radical (unpaired) electrons. The van der Waals surface area contributed by atoms with Crippen LogP contribution < -0.4 is 14.2 Å². The van der Waals surface area contributed by atoms with E-state index in [9.17, 15) is 0 Å². The predicted octanol–water partition coefficient (Wildman–Crippen LogP) is 7.43. The van der Waals surface area contributed by atoms with E-state index in [1.54, 1.807) is 0 Å². The molecular weight excluding hydrogens is 503 g/mol. The second-order valence-electron chi connectivity index (χ2n) is 11.8. The molecule has 0 bridgehead atoms. The molecule has 208 valence electrons. The van der Waals surface area contributed by atoms with Crippen LogP contribution in [0.2, 0.25) is 5.31 Å². The number of hydrogen-bond donors (Lipinski definition) is 0. The fourth-order valence-electron chi connectivity index (χ4n) is 6.87. The van der Waals surface area contributed by atoms with Crippen molar-refractivity contribution >= 4 is 18.6 Å². The number of fused-ring (bicyclic) bond motifs is 3. The Bertz CT molecular complexity index is 1570. The molecule has 6 nitrogen and oxygen atoms in total. The average molecular weight is 544 g/mol. The first-order chi connectivity index (χ1) is 19.9. The zero-order chi connectivity index (χ0) is 28.6. The van der Waals surface area contributed by atoms with Gasteiger partial charge in [0.05, 0.1) is 17.7 Å². The highest BCUT2D eigenvalue weighted by molar-refractivity contribution is 6.72. The number of aromatic nitrogens is 4. The average Bonchev–Trinajstić information content (AvgIpc) is 3.49. The van der Waals surface area contributed by atoms with Crippen LogP contribution in [0, 0.1) is 0 Å². The third kappa shape index (κ3) is 4.42. The van der Waals surface area contributed by atoms with E-state index in [-0.39, 0.29) is 17.8 Å². The third-order valence-corrected chi connectivity index (χ3v) is 9.83. The van der Waals surface area contributed by atoms with E-state index in [2.05, 4.69) is 126 Å². The standard InChI is InChI=1S/C34H40BN6/c1-6-9-10-30-23-27(13-18-37-30)28-14-19-38-31(24-28)40-21-22-41-32-25-29(26-11-16-36-17-12-26)15-20-39(32)34(5,8-3)33(4,7-2)35(40)41/h11-25H,6-10H2,1-5H3/q+1. The first kappa shape index (κ1) is 27.2. The molecule has 2 aliphatic heterocycles. The number of unbranched alkanes of at least 4 members (excludes halogenated alkanes) is 1. The molecule has 0 spiro atoms. The summed E-state index contributed by atoms with van der Waals surface area (Å²) in [6, 6.07) is 17.4. The van der Waals surface area contributed by atoms with E-state index in [0.717, 1.165) is 37.2 Å². The van der Waals surface area contributed by atoms with E-state index in [0.29, 0.717) is 0 Å². The first-order valence-corrected chi connectivity index (χ1v) is 15.1. The van der Waals surface area contributed by atoms with Gasteiger partial charge in [0.2, 0.25) is 0 Å². The van der Waals surface area contributed by atoms with Crippen molar-refractivity contribution in [2.75, 3.05) is 9.62 Å². The summed E-state index contributed by atoms with van der Waals surface area (Å²) >= 11 is 0. The number of aryl methyl sites for hydroxylation is 1. The van der Waals surface area contributed by atoms with E-state index < -0.39 is 0 Å². The Labute approximate surface area is 244 Å². The summed E-state index contributed by atoms with van der Waals surface area (Å²) in [5.41, 5.74) is 5.78. The quantitative estimate of drug-likeness (QED) is 0.171. The molecule has 0 fully saturated rings. The van der Waals surface area contributed by atoms with Gasteiger partial charge in [-0.15, -0.1) is 0 Å². The Morgan fingerprint density at radius 3 is 2.17 bits per heavy atom. The number of rotatable bonds is 8. The van der Waals surface area contributed by atoms with E-state index >= 15 is 0 Å². The first-order valence-electron chi connectivity index (χ1n) is 15.1. The van der Waals surface area contributed by atoms with Gasteiger partial charge in [0.25, 0.3) is 5.82 Å². The van der Waals surface area contributed by atoms with Crippen LogP contribution in [0.4, 0.5) is 11.6 Å². The normalized spacial score (nSPS) is 21.2. The number of hydrogen-bond acceptors (Lipinski definition) is 5. The molecule has 0 saturated carbocycles. The lowest BCUT2D eigenvalue weighted by atomic mass is 9.39. The molecule has 0 aliphatic carbocycles. The summed E-state index contributed by atoms with van der Waals surface area (Å²) in [7, 11) is 0. The highest BCUT2D eigenvalue weighted by atomic mass is 15.4. The summed E-state index contributed by atoms with van der Waals surface area (Å²) in [5, 5.41) is -0.0667. The maximum Gasteiger partial charge on any atom is 0.517 e. The largest absolute Gasteiger partial charge is 0.517 e. The summed E-state index contributed by atoms with van der Waals surface area (Å²) in [5.74, 6) is 2.17. The Balaban J connectivity index is 1.43. The van der Waals surface area contributed by atoms with Crippen LogP contribution in [-0.2, 0) is 12.0 Å². The van der Waals surface area contributed by atoms with Gasteiger partial charge >= 0.3 is 6.98 Å². The van der Waals surface area contributed by atoms with Crippen molar-refractivity contribution in [2.24, 2.45) is 0 Å². The Hall–Kier alpha value is -4.00. The number of anilines is 2. The molecule has 6 rings (SSSR count). The monoisotopic (exact) mass is 543 g/mol. The smallest absolute Gasteiger partial charge is 0.331 e. The molecule has 7 heteroatoms. The molecule has 6 heterocycles. The molecule has 0 saturated heterocycles. The van der Waals surface area contributed by atoms with Gasteiger partial charge in [-0.05, 0) is 97.3 Å². The summed E-state index contributed by atoms with van der Waals surface area (Å²) in [6.45, 7) is 11.8.